The molecule has 7 nitrogen and oxygen atoms in total. The third-order valence-corrected chi connectivity index (χ3v) is 5.26. The van der Waals surface area contributed by atoms with Crippen molar-refractivity contribution in [3.8, 4) is 5.75 Å². The van der Waals surface area contributed by atoms with E-state index in [0.29, 0.717) is 38.2 Å². The van der Waals surface area contributed by atoms with Crippen molar-refractivity contribution in [1.29, 1.82) is 0 Å². The van der Waals surface area contributed by atoms with Gasteiger partial charge in [-0.15, -0.1) is 0 Å². The van der Waals surface area contributed by atoms with E-state index in [1.165, 1.54) is 0 Å². The van der Waals surface area contributed by atoms with Crippen molar-refractivity contribution < 1.29 is 14.3 Å². The van der Waals surface area contributed by atoms with Crippen molar-refractivity contribution in [3.05, 3.63) is 77.0 Å². The first kappa shape index (κ1) is 20.7. The van der Waals surface area contributed by atoms with Crippen molar-refractivity contribution in [3.63, 3.8) is 0 Å². The fourth-order valence-electron chi connectivity index (χ4n) is 3.71. The van der Waals surface area contributed by atoms with Gasteiger partial charge < -0.3 is 10.1 Å². The zero-order chi connectivity index (χ0) is 21.8. The minimum Gasteiger partial charge on any atom is -0.494 e. The third kappa shape index (κ3) is 4.60. The van der Waals surface area contributed by atoms with Crippen molar-refractivity contribution in [1.82, 2.24) is 15.1 Å². The number of hydrogen-bond acceptors (Lipinski definition) is 4. The number of benzene rings is 2. The van der Waals surface area contributed by atoms with Gasteiger partial charge in [-0.1, -0.05) is 30.3 Å². The highest BCUT2D eigenvalue weighted by Gasteiger charge is 2.25. The number of carbonyl (C=O) groups is 2. The zero-order valence-corrected chi connectivity index (χ0v) is 17.8. The monoisotopic (exact) mass is 418 g/mol. The average molecular weight is 418 g/mol. The van der Waals surface area contributed by atoms with Crippen LogP contribution in [-0.4, -0.2) is 28.2 Å². The van der Waals surface area contributed by atoms with Crippen molar-refractivity contribution >= 4 is 17.6 Å². The summed E-state index contributed by atoms with van der Waals surface area (Å²) in [5.41, 5.74) is 3.36. The summed E-state index contributed by atoms with van der Waals surface area (Å²) in [6, 6.07) is 17.0. The van der Waals surface area contributed by atoms with E-state index in [9.17, 15) is 9.59 Å². The minimum absolute atomic E-state index is 0.0854. The van der Waals surface area contributed by atoms with Gasteiger partial charge in [-0.05, 0) is 37.6 Å². The van der Waals surface area contributed by atoms with Crippen LogP contribution >= 0.6 is 0 Å². The molecule has 0 unspecified atom stereocenters. The second-order valence-corrected chi connectivity index (χ2v) is 7.52. The first-order chi connectivity index (χ1) is 15.0. The fourth-order valence-corrected chi connectivity index (χ4v) is 3.71. The highest BCUT2D eigenvalue weighted by molar-refractivity contribution is 5.95. The van der Waals surface area contributed by atoms with E-state index in [0.717, 1.165) is 28.4 Å². The molecule has 0 saturated carbocycles. The molecule has 0 saturated heterocycles. The van der Waals surface area contributed by atoms with Gasteiger partial charge in [-0.2, -0.15) is 5.10 Å². The Morgan fingerprint density at radius 3 is 2.71 bits per heavy atom. The molecule has 3 aromatic rings. The van der Waals surface area contributed by atoms with E-state index in [4.69, 9.17) is 4.74 Å². The van der Waals surface area contributed by atoms with Gasteiger partial charge in [0.15, 0.2) is 0 Å². The number of carbonyl (C=O) groups excluding carboxylic acids is 2. The lowest BCUT2D eigenvalue weighted by Crippen LogP contribution is -2.36. The third-order valence-electron chi connectivity index (χ3n) is 5.26. The maximum Gasteiger partial charge on any atom is 0.251 e. The number of ether oxygens (including phenoxy) is 1. The predicted molar refractivity (Wildman–Crippen MR) is 118 cm³/mol. The molecule has 1 aliphatic heterocycles. The number of rotatable bonds is 7. The van der Waals surface area contributed by atoms with Gasteiger partial charge in [0.05, 0.1) is 25.4 Å². The first-order valence-corrected chi connectivity index (χ1v) is 10.5. The molecule has 1 aromatic heterocycles. The molecule has 0 spiro atoms. The first-order valence-electron chi connectivity index (χ1n) is 10.5. The number of nitrogens with one attached hydrogen (secondary N) is 1. The fraction of sp³-hybridized carbons (Fsp3) is 0.292. The van der Waals surface area contributed by atoms with Gasteiger partial charge in [0.25, 0.3) is 5.91 Å². The van der Waals surface area contributed by atoms with E-state index in [1.54, 1.807) is 17.0 Å². The lowest BCUT2D eigenvalue weighted by Gasteiger charge is -2.27. The molecule has 7 heteroatoms. The van der Waals surface area contributed by atoms with Crippen LogP contribution in [0.2, 0.25) is 0 Å². The standard InChI is InChI=1S/C24H26N4O3/c1-3-31-21-7-5-4-6-20(21)15-25-24(30)19-10-8-18(9-11-19)16-27-22-14-17(2)26-28(22)13-12-23(27)29/h4-11,14H,3,12-13,15-16H2,1-2H3,(H,25,30). The molecule has 4 rings (SSSR count). The second-order valence-electron chi connectivity index (χ2n) is 7.52. The molecule has 1 N–H and O–H groups in total. The molecular formula is C24H26N4O3. The lowest BCUT2D eigenvalue weighted by atomic mass is 10.1. The van der Waals surface area contributed by atoms with E-state index in [1.807, 2.05) is 61.0 Å². The van der Waals surface area contributed by atoms with E-state index < -0.39 is 0 Å². The number of nitrogens with zero attached hydrogens (tertiary/aromatic N) is 3. The van der Waals surface area contributed by atoms with Crippen LogP contribution < -0.4 is 15.0 Å². The summed E-state index contributed by atoms with van der Waals surface area (Å²) >= 11 is 0. The summed E-state index contributed by atoms with van der Waals surface area (Å²) in [4.78, 5) is 26.8. The van der Waals surface area contributed by atoms with Gasteiger partial charge in [0.1, 0.15) is 11.6 Å². The van der Waals surface area contributed by atoms with Gasteiger partial charge in [-0.25, -0.2) is 4.68 Å². The molecule has 2 aromatic carbocycles. The molecule has 0 atom stereocenters. The molecule has 2 amide bonds. The molecule has 0 radical (unpaired) electrons. The second kappa shape index (κ2) is 9.04. The summed E-state index contributed by atoms with van der Waals surface area (Å²) in [6.07, 6.45) is 0.442. The predicted octanol–water partition coefficient (Wildman–Crippen LogP) is 3.46. The zero-order valence-electron chi connectivity index (χ0n) is 17.8. The molecule has 0 aliphatic carbocycles. The number of hydrogen-bond donors (Lipinski definition) is 1. The van der Waals surface area contributed by atoms with E-state index >= 15 is 0 Å². The molecule has 1 aliphatic rings. The normalized spacial score (nSPS) is 13.1. The van der Waals surface area contributed by atoms with E-state index in [-0.39, 0.29) is 11.8 Å². The van der Waals surface area contributed by atoms with Crippen LogP contribution in [0.25, 0.3) is 0 Å². The topological polar surface area (TPSA) is 76.5 Å². The summed E-state index contributed by atoms with van der Waals surface area (Å²) in [6.45, 7) is 5.89. The molecule has 2 heterocycles. The highest BCUT2D eigenvalue weighted by Crippen LogP contribution is 2.24. The number of anilines is 1. The number of fused-ring (bicyclic) bond motifs is 1. The van der Waals surface area contributed by atoms with Crippen LogP contribution in [0.1, 0.15) is 40.5 Å². The molecular weight excluding hydrogens is 392 g/mol. The van der Waals surface area contributed by atoms with Gasteiger partial charge in [0.2, 0.25) is 5.91 Å². The summed E-state index contributed by atoms with van der Waals surface area (Å²) in [5, 5.41) is 7.38. The molecule has 0 bridgehead atoms. The van der Waals surface area contributed by atoms with Crippen molar-refractivity contribution in [2.75, 3.05) is 11.5 Å². The Morgan fingerprint density at radius 1 is 1.16 bits per heavy atom. The summed E-state index contributed by atoms with van der Waals surface area (Å²) < 4.78 is 7.48. The molecule has 31 heavy (non-hydrogen) atoms. The Balaban J connectivity index is 1.40. The van der Waals surface area contributed by atoms with Crippen LogP contribution in [0.5, 0.6) is 5.75 Å². The number of aromatic nitrogens is 2. The van der Waals surface area contributed by atoms with Crippen molar-refractivity contribution in [2.24, 2.45) is 0 Å². The summed E-state index contributed by atoms with van der Waals surface area (Å²) in [5.74, 6) is 1.53. The minimum atomic E-state index is -0.152. The van der Waals surface area contributed by atoms with Gasteiger partial charge in [0, 0.05) is 30.2 Å². The SMILES string of the molecule is CCOc1ccccc1CNC(=O)c1ccc(CN2C(=O)CCn3nc(C)cc32)cc1. The Kier molecular flexibility index (Phi) is 6.02. The lowest BCUT2D eigenvalue weighted by molar-refractivity contribution is -0.119. The van der Waals surface area contributed by atoms with E-state index in [2.05, 4.69) is 10.4 Å². The maximum atomic E-state index is 12.6. The van der Waals surface area contributed by atoms with Gasteiger partial charge >= 0.3 is 0 Å². The van der Waals surface area contributed by atoms with Crippen LogP contribution in [0.3, 0.4) is 0 Å². The molecule has 160 valence electrons. The van der Waals surface area contributed by atoms with Crippen molar-refractivity contribution in [2.45, 2.75) is 39.9 Å². The summed E-state index contributed by atoms with van der Waals surface area (Å²) in [7, 11) is 0. The Labute approximate surface area is 181 Å². The average Bonchev–Trinajstić information content (AvgIpc) is 3.16. The van der Waals surface area contributed by atoms with Crippen LogP contribution in [0.15, 0.2) is 54.6 Å². The van der Waals surface area contributed by atoms with Crippen LogP contribution in [0, 0.1) is 6.92 Å². The number of para-hydroxylation sites is 1. The van der Waals surface area contributed by atoms with Crippen LogP contribution in [-0.2, 0) is 24.4 Å². The quantitative estimate of drug-likeness (QED) is 0.638. The largest absolute Gasteiger partial charge is 0.494 e. The van der Waals surface area contributed by atoms with Gasteiger partial charge in [-0.3, -0.25) is 14.5 Å². The number of amides is 2. The Morgan fingerprint density at radius 2 is 1.94 bits per heavy atom. The van der Waals surface area contributed by atoms with Crippen LogP contribution in [0.4, 0.5) is 5.82 Å². The highest BCUT2D eigenvalue weighted by atomic mass is 16.5. The smallest absolute Gasteiger partial charge is 0.251 e. The number of aryl methyl sites for hydroxylation is 2. The molecule has 0 fully saturated rings. The maximum absolute atomic E-state index is 12.6. The Hall–Kier alpha value is -3.61. The Bertz CT molecular complexity index is 1090.